The van der Waals surface area contributed by atoms with E-state index in [1.165, 1.54) is 6.42 Å². The molecule has 13 heavy (non-hydrogen) atoms. The Hall–Kier alpha value is -0.180. The lowest BCUT2D eigenvalue weighted by Gasteiger charge is -2.32. The molecule has 1 N–H and O–H groups in total. The van der Waals surface area contributed by atoms with Gasteiger partial charge < -0.3 is 5.11 Å². The van der Waals surface area contributed by atoms with Crippen molar-refractivity contribution in [3.63, 3.8) is 0 Å². The predicted molar refractivity (Wildman–Crippen MR) is 56.2 cm³/mol. The van der Waals surface area contributed by atoms with Gasteiger partial charge in [0.2, 0.25) is 0 Å². The van der Waals surface area contributed by atoms with Gasteiger partial charge in [0, 0.05) is 0 Å². The van der Waals surface area contributed by atoms with E-state index in [-0.39, 0.29) is 5.41 Å². The van der Waals surface area contributed by atoms with Crippen molar-refractivity contribution in [3.05, 3.63) is 0 Å². The number of hydrogen-bond donors (Lipinski definition) is 1. The van der Waals surface area contributed by atoms with Gasteiger partial charge >= 0.3 is 5.97 Å². The molecule has 1 rings (SSSR count). The maximum Gasteiger partial charge on any atom is 0.309 e. The molecule has 0 aliphatic heterocycles. The number of carboxylic acids is 1. The Kier molecular flexibility index (Phi) is 4.10. The fraction of sp³-hybridized carbons (Fsp3) is 0.900. The van der Waals surface area contributed by atoms with E-state index in [4.69, 9.17) is 0 Å². The first-order valence-corrected chi connectivity index (χ1v) is 6.33. The van der Waals surface area contributed by atoms with Crippen LogP contribution in [0.15, 0.2) is 0 Å². The van der Waals surface area contributed by atoms with E-state index in [0.29, 0.717) is 0 Å². The van der Waals surface area contributed by atoms with Crippen molar-refractivity contribution in [1.82, 2.24) is 0 Å². The van der Waals surface area contributed by atoms with E-state index in [1.807, 2.05) is 6.26 Å². The molecule has 1 aliphatic carbocycles. The molecule has 2 nitrogen and oxygen atoms in total. The molecule has 1 saturated carbocycles. The van der Waals surface area contributed by atoms with Gasteiger partial charge in [-0.25, -0.2) is 0 Å². The molecule has 3 heteroatoms. The molecule has 0 unspecified atom stereocenters. The highest BCUT2D eigenvalue weighted by Gasteiger charge is 2.38. The topological polar surface area (TPSA) is 37.3 Å². The van der Waals surface area contributed by atoms with Crippen LogP contribution in [-0.2, 0) is 4.79 Å². The number of carboxylic acid groups (broad SMARTS) is 1. The maximum absolute atomic E-state index is 11.2. The maximum atomic E-state index is 11.2. The van der Waals surface area contributed by atoms with Gasteiger partial charge in [0.05, 0.1) is 5.41 Å². The smallest absolute Gasteiger partial charge is 0.309 e. The molecule has 0 bridgehead atoms. The molecule has 0 spiro atoms. The first-order chi connectivity index (χ1) is 6.21. The Balaban J connectivity index is 2.56. The van der Waals surface area contributed by atoms with E-state index in [1.54, 1.807) is 11.8 Å². The van der Waals surface area contributed by atoms with E-state index in [2.05, 4.69) is 0 Å². The Morgan fingerprint density at radius 1 is 1.38 bits per heavy atom. The number of carbonyl (C=O) groups is 1. The Labute approximate surface area is 84.1 Å². The summed E-state index contributed by atoms with van der Waals surface area (Å²) in [5.41, 5.74) is -0.374. The van der Waals surface area contributed by atoms with Gasteiger partial charge in [0.25, 0.3) is 0 Å². The zero-order valence-corrected chi connectivity index (χ0v) is 9.03. The number of aliphatic carboxylic acids is 1. The lowest BCUT2D eigenvalue weighted by Crippen LogP contribution is -2.33. The Morgan fingerprint density at radius 3 is 2.46 bits per heavy atom. The lowest BCUT2D eigenvalue weighted by atomic mass is 9.72. The van der Waals surface area contributed by atoms with Gasteiger partial charge in [-0.15, -0.1) is 0 Å². The minimum absolute atomic E-state index is 0.374. The average molecular weight is 202 g/mol. The van der Waals surface area contributed by atoms with Crippen LogP contribution in [0.5, 0.6) is 0 Å². The largest absolute Gasteiger partial charge is 0.481 e. The third-order valence-corrected chi connectivity index (χ3v) is 3.66. The molecule has 0 aromatic carbocycles. The molecular weight excluding hydrogens is 184 g/mol. The molecule has 0 aromatic rings. The summed E-state index contributed by atoms with van der Waals surface area (Å²) in [7, 11) is 0. The zero-order valence-electron chi connectivity index (χ0n) is 8.21. The zero-order chi connectivity index (χ0) is 9.73. The number of rotatable bonds is 4. The van der Waals surface area contributed by atoms with Crippen LogP contribution in [-0.4, -0.2) is 23.1 Å². The molecule has 0 heterocycles. The van der Waals surface area contributed by atoms with Crippen molar-refractivity contribution in [2.45, 2.75) is 38.5 Å². The van der Waals surface area contributed by atoms with Crippen molar-refractivity contribution in [2.24, 2.45) is 5.41 Å². The number of thioether (sulfide) groups is 1. The minimum atomic E-state index is -0.568. The summed E-state index contributed by atoms with van der Waals surface area (Å²) in [5.74, 6) is 0.410. The standard InChI is InChI=1S/C10H18O2S/c1-13-8-7-10(9(11)12)5-3-2-4-6-10/h2-8H2,1H3,(H,11,12). The first kappa shape index (κ1) is 10.9. The molecule has 1 fully saturated rings. The summed E-state index contributed by atoms with van der Waals surface area (Å²) in [5, 5.41) is 9.21. The molecule has 0 amide bonds. The Morgan fingerprint density at radius 2 is 2.00 bits per heavy atom. The van der Waals surface area contributed by atoms with Crippen LogP contribution in [0, 0.1) is 5.41 Å². The molecule has 0 aromatic heterocycles. The van der Waals surface area contributed by atoms with Gasteiger partial charge in [-0.2, -0.15) is 11.8 Å². The van der Waals surface area contributed by atoms with Crippen LogP contribution < -0.4 is 0 Å². The first-order valence-electron chi connectivity index (χ1n) is 4.94. The van der Waals surface area contributed by atoms with Crippen LogP contribution >= 0.6 is 11.8 Å². The molecular formula is C10H18O2S. The molecule has 0 saturated heterocycles. The van der Waals surface area contributed by atoms with Gasteiger partial charge in [0.15, 0.2) is 0 Å². The third kappa shape index (κ3) is 2.63. The van der Waals surface area contributed by atoms with Crippen molar-refractivity contribution in [2.75, 3.05) is 12.0 Å². The summed E-state index contributed by atoms with van der Waals surface area (Å²) in [6, 6.07) is 0. The van der Waals surface area contributed by atoms with E-state index >= 15 is 0 Å². The predicted octanol–water partition coefficient (Wildman–Crippen LogP) is 2.77. The van der Waals surface area contributed by atoms with Gasteiger partial charge in [-0.1, -0.05) is 19.3 Å². The van der Waals surface area contributed by atoms with Crippen molar-refractivity contribution >= 4 is 17.7 Å². The van der Waals surface area contributed by atoms with Crippen LogP contribution in [0.4, 0.5) is 0 Å². The molecule has 76 valence electrons. The van der Waals surface area contributed by atoms with Crippen LogP contribution in [0.3, 0.4) is 0 Å². The SMILES string of the molecule is CSCCC1(C(=O)O)CCCCC1. The van der Waals surface area contributed by atoms with E-state index < -0.39 is 5.97 Å². The Bertz CT molecular complexity index is 174. The highest BCUT2D eigenvalue weighted by atomic mass is 32.2. The van der Waals surface area contributed by atoms with Crippen LogP contribution in [0.25, 0.3) is 0 Å². The second-order valence-corrected chi connectivity index (χ2v) is 4.87. The third-order valence-electron chi connectivity index (χ3n) is 3.05. The monoisotopic (exact) mass is 202 g/mol. The highest BCUT2D eigenvalue weighted by molar-refractivity contribution is 7.98. The van der Waals surface area contributed by atoms with E-state index in [0.717, 1.165) is 37.9 Å². The highest BCUT2D eigenvalue weighted by Crippen LogP contribution is 2.40. The second-order valence-electron chi connectivity index (χ2n) is 3.89. The van der Waals surface area contributed by atoms with Crippen molar-refractivity contribution < 1.29 is 9.90 Å². The summed E-state index contributed by atoms with van der Waals surface area (Å²) < 4.78 is 0. The summed E-state index contributed by atoms with van der Waals surface area (Å²) in [4.78, 5) is 11.2. The van der Waals surface area contributed by atoms with Crippen molar-refractivity contribution in [1.29, 1.82) is 0 Å². The summed E-state index contributed by atoms with van der Waals surface area (Å²) >= 11 is 1.75. The quantitative estimate of drug-likeness (QED) is 0.761. The molecule has 0 atom stereocenters. The summed E-state index contributed by atoms with van der Waals surface area (Å²) in [6.45, 7) is 0. The van der Waals surface area contributed by atoms with Gasteiger partial charge in [0.1, 0.15) is 0 Å². The summed E-state index contributed by atoms with van der Waals surface area (Å²) in [6.07, 6.45) is 8.09. The second kappa shape index (κ2) is 4.89. The fourth-order valence-corrected chi connectivity index (χ4v) is 2.69. The van der Waals surface area contributed by atoms with Crippen LogP contribution in [0.1, 0.15) is 38.5 Å². The van der Waals surface area contributed by atoms with E-state index in [9.17, 15) is 9.90 Å². The van der Waals surface area contributed by atoms with Crippen molar-refractivity contribution in [3.8, 4) is 0 Å². The van der Waals surface area contributed by atoms with Gasteiger partial charge in [-0.3, -0.25) is 4.79 Å². The average Bonchev–Trinajstić information content (AvgIpc) is 2.16. The fourth-order valence-electron chi connectivity index (χ4n) is 2.10. The minimum Gasteiger partial charge on any atom is -0.481 e. The lowest BCUT2D eigenvalue weighted by molar-refractivity contribution is -0.151. The molecule has 0 radical (unpaired) electrons. The van der Waals surface area contributed by atoms with Crippen LogP contribution in [0.2, 0.25) is 0 Å². The number of hydrogen-bond acceptors (Lipinski definition) is 2. The molecule has 1 aliphatic rings. The normalized spacial score (nSPS) is 21.3. The van der Waals surface area contributed by atoms with Gasteiger partial charge in [-0.05, 0) is 31.3 Å².